The molecule has 0 aliphatic carbocycles. The molecular weight excluding hydrogens is 483 g/mol. The van der Waals surface area contributed by atoms with Crippen LogP contribution in [-0.4, -0.2) is 48.3 Å². The van der Waals surface area contributed by atoms with Crippen LogP contribution in [0.3, 0.4) is 0 Å². The highest BCUT2D eigenvalue weighted by Gasteiger charge is 2.14. The summed E-state index contributed by atoms with van der Waals surface area (Å²) in [5.41, 5.74) is 1.44. The zero-order valence-corrected chi connectivity index (χ0v) is 20.6. The molecule has 3 aromatic rings. The molecule has 11 heteroatoms. The first-order chi connectivity index (χ1) is 17.4. The summed E-state index contributed by atoms with van der Waals surface area (Å²) in [6.07, 6.45) is 4.20. The lowest BCUT2D eigenvalue weighted by molar-refractivity contribution is 0.299. The van der Waals surface area contributed by atoms with Crippen molar-refractivity contribution < 1.29 is 9.13 Å². The van der Waals surface area contributed by atoms with Crippen molar-refractivity contribution in [2.75, 3.05) is 37.8 Å². The van der Waals surface area contributed by atoms with Crippen LogP contribution in [0.4, 0.5) is 21.8 Å². The molecule has 1 heterocycles. The molecule has 2 aromatic carbocycles. The molecule has 0 atom stereocenters. The smallest absolute Gasteiger partial charge is 0.229 e. The fraction of sp³-hybridized carbons (Fsp3) is 0.200. The monoisotopic (exact) mass is 508 g/mol. The van der Waals surface area contributed by atoms with Gasteiger partial charge in [0.25, 0.3) is 0 Å². The minimum Gasteiger partial charge on any atom is -0.487 e. The molecule has 0 amide bonds. The van der Waals surface area contributed by atoms with Crippen molar-refractivity contribution in [2.45, 2.75) is 6.61 Å². The van der Waals surface area contributed by atoms with Gasteiger partial charge >= 0.3 is 0 Å². The Bertz CT molecular complexity index is 1280. The maximum Gasteiger partial charge on any atom is 0.229 e. The number of benzene rings is 2. The molecule has 0 aliphatic heterocycles. The largest absolute Gasteiger partial charge is 0.487 e. The predicted octanol–water partition coefficient (Wildman–Crippen LogP) is 4.52. The highest BCUT2D eigenvalue weighted by atomic mass is 35.5. The highest BCUT2D eigenvalue weighted by molar-refractivity contribution is 6.32. The third kappa shape index (κ3) is 7.40. The minimum atomic E-state index is -0.385. The third-order valence-electron chi connectivity index (χ3n) is 4.85. The first-order valence-electron chi connectivity index (χ1n) is 11.0. The van der Waals surface area contributed by atoms with Crippen molar-refractivity contribution in [3.05, 3.63) is 82.5 Å². The lowest BCUT2D eigenvalue weighted by Crippen LogP contribution is -2.24. The number of likely N-dealkylation sites (N-methyl/N-ethyl adjacent to an activating group) is 1. The molecule has 9 nitrogen and oxygen atoms in total. The zero-order valence-electron chi connectivity index (χ0n) is 19.8. The van der Waals surface area contributed by atoms with Gasteiger partial charge in [0.2, 0.25) is 5.95 Å². The second-order valence-electron chi connectivity index (χ2n) is 7.81. The van der Waals surface area contributed by atoms with E-state index < -0.39 is 0 Å². The summed E-state index contributed by atoms with van der Waals surface area (Å²) in [7, 11) is 3.94. The molecule has 0 fully saturated rings. The van der Waals surface area contributed by atoms with Crippen LogP contribution in [0.5, 0.6) is 5.75 Å². The van der Waals surface area contributed by atoms with E-state index in [9.17, 15) is 9.65 Å². The summed E-state index contributed by atoms with van der Waals surface area (Å²) in [4.78, 5) is 10.6. The summed E-state index contributed by atoms with van der Waals surface area (Å²) in [6.45, 7) is 1.50. The van der Waals surface area contributed by atoms with Gasteiger partial charge in [-0.05, 0) is 32.3 Å². The standard InChI is InChI=1S/C25H26ClFN8O/c1-35(2)11-10-30-14-18(12-28)32-25-31-15-20(26)24(34-25)33-22-8-5-9-23(19(22)13-29)36-16-17-6-3-4-7-21(17)27/h3-9,12,14-15,28,30H,10-11,16H2,1-2H3,(H2,31,32,33,34)/b18-14+,28-12?. The van der Waals surface area contributed by atoms with Crippen molar-refractivity contribution in [3.8, 4) is 11.8 Å². The Morgan fingerprint density at radius 1 is 1.25 bits per heavy atom. The van der Waals surface area contributed by atoms with E-state index in [0.29, 0.717) is 23.5 Å². The minimum absolute atomic E-state index is 0.0333. The van der Waals surface area contributed by atoms with Crippen molar-refractivity contribution in [1.82, 2.24) is 20.2 Å². The van der Waals surface area contributed by atoms with Gasteiger partial charge < -0.3 is 31.0 Å². The number of rotatable bonds is 12. The van der Waals surface area contributed by atoms with Crippen molar-refractivity contribution in [2.24, 2.45) is 0 Å². The first kappa shape index (κ1) is 26.4. The Balaban J connectivity index is 1.76. The molecule has 0 saturated carbocycles. The number of nitrogens with one attached hydrogen (secondary N) is 4. The average molecular weight is 509 g/mol. The molecule has 186 valence electrons. The molecular formula is C25H26ClFN8O. The van der Waals surface area contributed by atoms with Crippen LogP contribution in [0.15, 0.2) is 60.6 Å². The van der Waals surface area contributed by atoms with Crippen molar-refractivity contribution in [3.63, 3.8) is 0 Å². The number of nitriles is 1. The van der Waals surface area contributed by atoms with Crippen molar-refractivity contribution >= 4 is 35.3 Å². The van der Waals surface area contributed by atoms with E-state index in [-0.39, 0.29) is 40.5 Å². The number of ether oxygens (including phenoxy) is 1. The Labute approximate surface area is 214 Å². The predicted molar refractivity (Wildman–Crippen MR) is 139 cm³/mol. The zero-order chi connectivity index (χ0) is 25.9. The van der Waals surface area contributed by atoms with Crippen LogP contribution in [0.1, 0.15) is 11.1 Å². The van der Waals surface area contributed by atoms with Crippen LogP contribution in [0, 0.1) is 22.6 Å². The van der Waals surface area contributed by atoms with Gasteiger partial charge in [-0.3, -0.25) is 0 Å². The summed E-state index contributed by atoms with van der Waals surface area (Å²) in [6, 6.07) is 13.4. The topological polar surface area (TPSA) is 122 Å². The van der Waals surface area contributed by atoms with E-state index in [1.165, 1.54) is 12.3 Å². The second kappa shape index (κ2) is 13.0. The molecule has 0 aliphatic rings. The lowest BCUT2D eigenvalue weighted by Gasteiger charge is -2.14. The van der Waals surface area contributed by atoms with Crippen LogP contribution < -0.4 is 20.7 Å². The fourth-order valence-electron chi connectivity index (χ4n) is 3.00. The molecule has 0 spiro atoms. The molecule has 1 aromatic heterocycles. The maximum atomic E-state index is 13.9. The normalized spacial score (nSPS) is 11.1. The van der Waals surface area contributed by atoms with Gasteiger partial charge in [0.1, 0.15) is 34.8 Å². The van der Waals surface area contributed by atoms with Gasteiger partial charge in [-0.15, -0.1) is 0 Å². The molecule has 0 radical (unpaired) electrons. The summed E-state index contributed by atoms with van der Waals surface area (Å²) in [5.74, 6) is 0.356. The van der Waals surface area contributed by atoms with E-state index in [4.69, 9.17) is 21.7 Å². The number of nitrogens with zero attached hydrogens (tertiary/aromatic N) is 4. The number of halogens is 2. The fourth-order valence-corrected chi connectivity index (χ4v) is 3.14. The third-order valence-corrected chi connectivity index (χ3v) is 5.13. The summed E-state index contributed by atoms with van der Waals surface area (Å²) >= 11 is 6.29. The van der Waals surface area contributed by atoms with E-state index in [0.717, 1.165) is 12.8 Å². The van der Waals surface area contributed by atoms with Gasteiger partial charge in [-0.1, -0.05) is 35.9 Å². The van der Waals surface area contributed by atoms with Gasteiger partial charge in [0.15, 0.2) is 5.82 Å². The number of hydrogen-bond acceptors (Lipinski definition) is 9. The molecule has 0 saturated heterocycles. The van der Waals surface area contributed by atoms with Crippen LogP contribution in [0.2, 0.25) is 5.02 Å². The Hall–Kier alpha value is -4.20. The number of allylic oxidation sites excluding steroid dienone is 1. The van der Waals surface area contributed by atoms with E-state index >= 15 is 0 Å². The average Bonchev–Trinajstić information content (AvgIpc) is 2.87. The molecule has 36 heavy (non-hydrogen) atoms. The van der Waals surface area contributed by atoms with E-state index in [1.807, 2.05) is 19.0 Å². The van der Waals surface area contributed by atoms with Crippen LogP contribution >= 0.6 is 11.6 Å². The molecule has 4 N–H and O–H groups in total. The highest BCUT2D eigenvalue weighted by Crippen LogP contribution is 2.31. The van der Waals surface area contributed by atoms with Crippen LogP contribution in [-0.2, 0) is 6.61 Å². The number of anilines is 3. The Kier molecular flexibility index (Phi) is 9.56. The number of aromatic nitrogens is 2. The van der Waals surface area contributed by atoms with Gasteiger partial charge in [-0.25, -0.2) is 9.37 Å². The van der Waals surface area contributed by atoms with Crippen LogP contribution in [0.25, 0.3) is 0 Å². The second-order valence-corrected chi connectivity index (χ2v) is 8.22. The first-order valence-corrected chi connectivity index (χ1v) is 11.3. The number of hydrogen-bond donors (Lipinski definition) is 4. The maximum absolute atomic E-state index is 13.9. The molecule has 0 bridgehead atoms. The summed E-state index contributed by atoms with van der Waals surface area (Å²) < 4.78 is 19.7. The molecule has 3 rings (SSSR count). The van der Waals surface area contributed by atoms with Crippen molar-refractivity contribution in [1.29, 1.82) is 10.7 Å². The van der Waals surface area contributed by atoms with Gasteiger partial charge in [-0.2, -0.15) is 10.2 Å². The van der Waals surface area contributed by atoms with E-state index in [1.54, 1.807) is 42.6 Å². The quantitative estimate of drug-likeness (QED) is 0.208. The molecule has 0 unspecified atom stereocenters. The SMILES string of the molecule is CN(C)CCN/C=C(\C=N)Nc1ncc(Cl)c(Nc2cccc(OCc3ccccc3F)c2C#N)n1. The van der Waals surface area contributed by atoms with E-state index in [2.05, 4.69) is 32.0 Å². The lowest BCUT2D eigenvalue weighted by atomic mass is 10.1. The van der Waals surface area contributed by atoms with Gasteiger partial charge in [0.05, 0.1) is 17.6 Å². The van der Waals surface area contributed by atoms with Gasteiger partial charge in [0, 0.05) is 31.1 Å². The summed E-state index contributed by atoms with van der Waals surface area (Å²) in [5, 5.41) is 26.7. The Morgan fingerprint density at radius 3 is 2.78 bits per heavy atom. The Morgan fingerprint density at radius 2 is 2.06 bits per heavy atom.